The molecule has 1 aromatic carbocycles. The van der Waals surface area contributed by atoms with Gasteiger partial charge in [-0.3, -0.25) is 4.79 Å². The molecule has 0 fully saturated rings. The average Bonchev–Trinajstić information content (AvgIpc) is 3.05. The second-order valence-electron chi connectivity index (χ2n) is 6.21. The van der Waals surface area contributed by atoms with Crippen molar-refractivity contribution in [1.82, 2.24) is 9.97 Å². The highest BCUT2D eigenvalue weighted by Crippen LogP contribution is 2.38. The van der Waals surface area contributed by atoms with E-state index in [0.717, 1.165) is 27.2 Å². The molecule has 2 heterocycles. The van der Waals surface area contributed by atoms with Gasteiger partial charge in [0.25, 0.3) is 0 Å². The van der Waals surface area contributed by atoms with E-state index in [1.165, 1.54) is 0 Å². The standard InChI is InChI=1S/C19H21N3O3S/c1-12(19(23)24)9-22(2)17-16-14(13-7-5-4-6-8-13)11-26-18(16)21-15(20-17)10-25-3/h4-8,11-12H,9-10H2,1-3H3,(H,23,24). The summed E-state index contributed by atoms with van der Waals surface area (Å²) in [6.45, 7) is 2.36. The van der Waals surface area contributed by atoms with E-state index in [-0.39, 0.29) is 0 Å². The summed E-state index contributed by atoms with van der Waals surface area (Å²) in [6, 6.07) is 10.1. The summed E-state index contributed by atoms with van der Waals surface area (Å²) in [7, 11) is 3.47. The third-order valence-corrected chi connectivity index (χ3v) is 5.02. The van der Waals surface area contributed by atoms with Crippen LogP contribution in [0.3, 0.4) is 0 Å². The molecule has 1 atom stereocenters. The molecule has 26 heavy (non-hydrogen) atoms. The Bertz CT molecular complexity index is 911. The number of hydrogen-bond acceptors (Lipinski definition) is 6. The molecule has 2 aromatic heterocycles. The fraction of sp³-hybridized carbons (Fsp3) is 0.316. The van der Waals surface area contributed by atoms with Gasteiger partial charge in [0.2, 0.25) is 0 Å². The van der Waals surface area contributed by atoms with Crippen molar-refractivity contribution < 1.29 is 14.6 Å². The lowest BCUT2D eigenvalue weighted by Gasteiger charge is -2.22. The number of carboxylic acid groups (broad SMARTS) is 1. The van der Waals surface area contributed by atoms with Crippen LogP contribution in [-0.4, -0.2) is 41.7 Å². The maximum Gasteiger partial charge on any atom is 0.308 e. The van der Waals surface area contributed by atoms with Crippen molar-refractivity contribution in [3.8, 4) is 11.1 Å². The predicted octanol–water partition coefficient (Wildman–Crippen LogP) is 3.66. The number of anilines is 1. The van der Waals surface area contributed by atoms with Crippen LogP contribution in [0.4, 0.5) is 5.82 Å². The summed E-state index contributed by atoms with van der Waals surface area (Å²) >= 11 is 1.56. The first-order valence-corrected chi connectivity index (χ1v) is 9.15. The molecule has 0 bridgehead atoms. The minimum Gasteiger partial charge on any atom is -0.481 e. The van der Waals surface area contributed by atoms with Crippen molar-refractivity contribution in [2.24, 2.45) is 5.92 Å². The number of fused-ring (bicyclic) bond motifs is 1. The fourth-order valence-electron chi connectivity index (χ4n) is 2.84. The van der Waals surface area contributed by atoms with Crippen LogP contribution in [0, 0.1) is 5.92 Å². The summed E-state index contributed by atoms with van der Waals surface area (Å²) < 4.78 is 5.19. The molecule has 6 nitrogen and oxygen atoms in total. The lowest BCUT2D eigenvalue weighted by atomic mass is 10.1. The lowest BCUT2D eigenvalue weighted by Crippen LogP contribution is -2.29. The number of nitrogens with zero attached hydrogens (tertiary/aromatic N) is 3. The van der Waals surface area contributed by atoms with Crippen molar-refractivity contribution >= 4 is 33.3 Å². The van der Waals surface area contributed by atoms with Gasteiger partial charge in [0.15, 0.2) is 5.82 Å². The molecule has 0 aliphatic carbocycles. The summed E-state index contributed by atoms with van der Waals surface area (Å²) in [5, 5.41) is 12.3. The first-order valence-electron chi connectivity index (χ1n) is 8.27. The van der Waals surface area contributed by atoms with E-state index in [2.05, 4.69) is 15.3 Å². The van der Waals surface area contributed by atoms with E-state index in [9.17, 15) is 9.90 Å². The molecular weight excluding hydrogens is 350 g/mol. The van der Waals surface area contributed by atoms with Gasteiger partial charge < -0.3 is 14.7 Å². The molecule has 0 saturated carbocycles. The number of hydrogen-bond donors (Lipinski definition) is 1. The molecule has 136 valence electrons. The third kappa shape index (κ3) is 3.68. The topological polar surface area (TPSA) is 75.5 Å². The summed E-state index contributed by atoms with van der Waals surface area (Å²) in [4.78, 5) is 23.3. The number of methoxy groups -OCH3 is 1. The Morgan fingerprint density at radius 2 is 2.04 bits per heavy atom. The van der Waals surface area contributed by atoms with Crippen molar-refractivity contribution in [3.63, 3.8) is 0 Å². The zero-order chi connectivity index (χ0) is 18.7. The highest BCUT2D eigenvalue weighted by atomic mass is 32.1. The maximum absolute atomic E-state index is 11.3. The Morgan fingerprint density at radius 3 is 2.69 bits per heavy atom. The van der Waals surface area contributed by atoms with Crippen molar-refractivity contribution in [3.05, 3.63) is 41.5 Å². The molecule has 7 heteroatoms. The van der Waals surface area contributed by atoms with E-state index in [4.69, 9.17) is 4.74 Å². The molecule has 1 unspecified atom stereocenters. The predicted molar refractivity (Wildman–Crippen MR) is 104 cm³/mol. The normalized spacial score (nSPS) is 12.3. The van der Waals surface area contributed by atoms with E-state index in [1.54, 1.807) is 25.4 Å². The number of carboxylic acids is 1. The van der Waals surface area contributed by atoms with Gasteiger partial charge in [-0.2, -0.15) is 0 Å². The second kappa shape index (κ2) is 7.80. The van der Waals surface area contributed by atoms with Crippen molar-refractivity contribution in [2.75, 3.05) is 25.6 Å². The number of rotatable bonds is 7. The van der Waals surface area contributed by atoms with Crippen LogP contribution in [0.25, 0.3) is 21.3 Å². The van der Waals surface area contributed by atoms with Gasteiger partial charge in [-0.15, -0.1) is 11.3 Å². The number of aliphatic carboxylic acids is 1. The highest BCUT2D eigenvalue weighted by molar-refractivity contribution is 7.17. The van der Waals surface area contributed by atoms with E-state index < -0.39 is 11.9 Å². The molecule has 0 amide bonds. The summed E-state index contributed by atoms with van der Waals surface area (Å²) in [6.07, 6.45) is 0. The largest absolute Gasteiger partial charge is 0.481 e. The number of benzene rings is 1. The van der Waals surface area contributed by atoms with Crippen LogP contribution in [0.2, 0.25) is 0 Å². The summed E-state index contributed by atoms with van der Waals surface area (Å²) in [5.74, 6) is -0.0101. The van der Waals surface area contributed by atoms with Gasteiger partial charge in [-0.25, -0.2) is 9.97 Å². The SMILES string of the molecule is COCc1nc(N(C)CC(C)C(=O)O)c2c(-c3ccccc3)csc2n1. The van der Waals surface area contributed by atoms with Gasteiger partial charge in [-0.1, -0.05) is 37.3 Å². The molecule has 1 N–H and O–H groups in total. The van der Waals surface area contributed by atoms with Crippen LogP contribution in [0.15, 0.2) is 35.7 Å². The molecule has 3 aromatic rings. The quantitative estimate of drug-likeness (QED) is 0.683. The van der Waals surface area contributed by atoms with Crippen molar-refractivity contribution in [1.29, 1.82) is 0 Å². The smallest absolute Gasteiger partial charge is 0.308 e. The zero-order valence-electron chi connectivity index (χ0n) is 15.0. The highest BCUT2D eigenvalue weighted by Gasteiger charge is 2.21. The Balaban J connectivity index is 2.14. The molecule has 3 rings (SSSR count). The lowest BCUT2D eigenvalue weighted by molar-refractivity contribution is -0.140. The zero-order valence-corrected chi connectivity index (χ0v) is 15.8. The van der Waals surface area contributed by atoms with Gasteiger partial charge in [0, 0.05) is 31.6 Å². The minimum absolute atomic E-state index is 0.309. The minimum atomic E-state index is -0.826. The number of thiophene rings is 1. The molecule has 0 spiro atoms. The molecule has 0 saturated heterocycles. The van der Waals surface area contributed by atoms with Crippen LogP contribution in [-0.2, 0) is 16.1 Å². The Kier molecular flexibility index (Phi) is 5.49. The Hall–Kier alpha value is -2.51. The van der Waals surface area contributed by atoms with E-state index >= 15 is 0 Å². The number of aromatic nitrogens is 2. The van der Waals surface area contributed by atoms with E-state index in [1.807, 2.05) is 42.3 Å². The Labute approximate surface area is 156 Å². The van der Waals surface area contributed by atoms with Gasteiger partial charge in [-0.05, 0) is 5.56 Å². The van der Waals surface area contributed by atoms with Gasteiger partial charge in [0.05, 0.1) is 11.3 Å². The van der Waals surface area contributed by atoms with Crippen LogP contribution >= 0.6 is 11.3 Å². The Morgan fingerprint density at radius 1 is 1.31 bits per heavy atom. The number of carbonyl (C=O) groups is 1. The molecule has 0 aliphatic heterocycles. The average molecular weight is 371 g/mol. The number of ether oxygens (including phenoxy) is 1. The van der Waals surface area contributed by atoms with Crippen LogP contribution < -0.4 is 4.90 Å². The van der Waals surface area contributed by atoms with Gasteiger partial charge in [0.1, 0.15) is 17.3 Å². The van der Waals surface area contributed by atoms with E-state index in [0.29, 0.717) is 19.0 Å². The fourth-order valence-corrected chi connectivity index (χ4v) is 3.80. The molecule has 0 aliphatic rings. The third-order valence-electron chi connectivity index (χ3n) is 4.15. The van der Waals surface area contributed by atoms with Gasteiger partial charge >= 0.3 is 5.97 Å². The summed E-state index contributed by atoms with van der Waals surface area (Å²) in [5.41, 5.74) is 2.14. The first kappa shape index (κ1) is 18.3. The monoisotopic (exact) mass is 371 g/mol. The van der Waals surface area contributed by atoms with Crippen molar-refractivity contribution in [2.45, 2.75) is 13.5 Å². The maximum atomic E-state index is 11.3. The molecule has 0 radical (unpaired) electrons. The first-order chi connectivity index (χ1) is 12.5. The van der Waals surface area contributed by atoms with Crippen LogP contribution in [0.5, 0.6) is 0 Å². The molecular formula is C19H21N3O3S. The second-order valence-corrected chi connectivity index (χ2v) is 7.07. The van der Waals surface area contributed by atoms with Crippen LogP contribution in [0.1, 0.15) is 12.7 Å².